The van der Waals surface area contributed by atoms with E-state index in [1.807, 2.05) is 4.90 Å². The number of carbonyl (C=O) groups is 1. The van der Waals surface area contributed by atoms with Gasteiger partial charge in [-0.05, 0) is 12.6 Å². The maximum absolute atomic E-state index is 11.2. The van der Waals surface area contributed by atoms with Crippen LogP contribution in [0.15, 0.2) is 12.1 Å². The van der Waals surface area contributed by atoms with Crippen molar-refractivity contribution in [1.29, 1.82) is 0 Å². The van der Waals surface area contributed by atoms with Gasteiger partial charge in [-0.1, -0.05) is 18.5 Å². The van der Waals surface area contributed by atoms with Crippen LogP contribution in [0.4, 0.5) is 11.4 Å². The minimum absolute atomic E-state index is 0.103. The number of hydrogen-bond acceptors (Lipinski definition) is 5. The number of nitro groups is 1. The van der Waals surface area contributed by atoms with Gasteiger partial charge in [-0.2, -0.15) is 0 Å². The Kier molecular flexibility index (Phi) is 4.64. The highest BCUT2D eigenvalue weighted by Crippen LogP contribution is 2.37. The molecule has 0 bridgehead atoms. The number of piperazine rings is 1. The predicted molar refractivity (Wildman–Crippen MR) is 79.4 cm³/mol. The maximum atomic E-state index is 11.2. The number of rotatable bonds is 4. The van der Waals surface area contributed by atoms with Crippen molar-refractivity contribution in [2.45, 2.75) is 6.92 Å². The van der Waals surface area contributed by atoms with Crippen molar-refractivity contribution in [1.82, 2.24) is 4.90 Å². The first-order valence-electron chi connectivity index (χ1n) is 6.62. The second-order valence-electron chi connectivity index (χ2n) is 4.81. The van der Waals surface area contributed by atoms with E-state index in [1.54, 1.807) is 0 Å². The molecule has 2 rings (SSSR count). The molecule has 0 aliphatic carbocycles. The van der Waals surface area contributed by atoms with Crippen molar-refractivity contribution >= 4 is 28.9 Å². The molecule has 0 saturated carbocycles. The fraction of sp³-hybridized carbons (Fsp3) is 0.462. The molecule has 114 valence electrons. The van der Waals surface area contributed by atoms with Crippen LogP contribution in [0.2, 0.25) is 5.02 Å². The summed E-state index contributed by atoms with van der Waals surface area (Å²) >= 11 is 6.10. The lowest BCUT2D eigenvalue weighted by Crippen LogP contribution is -2.46. The summed E-state index contributed by atoms with van der Waals surface area (Å²) in [5.74, 6) is -1.23. The van der Waals surface area contributed by atoms with E-state index in [9.17, 15) is 14.9 Å². The highest BCUT2D eigenvalue weighted by molar-refractivity contribution is 6.34. The molecule has 0 unspecified atom stereocenters. The van der Waals surface area contributed by atoms with E-state index < -0.39 is 10.9 Å². The zero-order valence-corrected chi connectivity index (χ0v) is 12.3. The summed E-state index contributed by atoms with van der Waals surface area (Å²) in [6, 6.07) is 2.33. The van der Waals surface area contributed by atoms with Gasteiger partial charge in [0.2, 0.25) is 0 Å². The van der Waals surface area contributed by atoms with Gasteiger partial charge in [-0.15, -0.1) is 0 Å². The molecule has 0 aromatic heterocycles. The molecule has 1 saturated heterocycles. The third kappa shape index (κ3) is 3.25. The lowest BCUT2D eigenvalue weighted by Gasteiger charge is -2.35. The van der Waals surface area contributed by atoms with Crippen molar-refractivity contribution in [3.05, 3.63) is 32.8 Å². The van der Waals surface area contributed by atoms with Crippen molar-refractivity contribution < 1.29 is 14.8 Å². The molecule has 1 fully saturated rings. The molecule has 8 heteroatoms. The number of aromatic carboxylic acids is 1. The highest BCUT2D eigenvalue weighted by atomic mass is 35.5. The third-order valence-corrected chi connectivity index (χ3v) is 3.91. The van der Waals surface area contributed by atoms with Crippen molar-refractivity contribution in [2.75, 3.05) is 37.6 Å². The molecule has 0 radical (unpaired) electrons. The SMILES string of the molecule is CCN1CCN(c2c(Cl)cc(C(=O)O)cc2[N+](=O)[O-])CC1. The molecule has 21 heavy (non-hydrogen) atoms. The summed E-state index contributed by atoms with van der Waals surface area (Å²) in [7, 11) is 0. The zero-order chi connectivity index (χ0) is 15.6. The molecular formula is C13H16ClN3O4. The number of halogens is 1. The number of nitrogens with zero attached hydrogens (tertiary/aromatic N) is 3. The number of nitro benzene ring substituents is 1. The molecule has 1 aliphatic heterocycles. The van der Waals surface area contributed by atoms with Crippen LogP contribution in [0, 0.1) is 10.1 Å². The van der Waals surface area contributed by atoms with E-state index in [0.717, 1.165) is 25.7 Å². The molecular weight excluding hydrogens is 298 g/mol. The molecule has 1 aliphatic rings. The number of benzene rings is 1. The lowest BCUT2D eigenvalue weighted by molar-refractivity contribution is -0.384. The van der Waals surface area contributed by atoms with Crippen LogP contribution in [0.5, 0.6) is 0 Å². The highest BCUT2D eigenvalue weighted by Gasteiger charge is 2.27. The van der Waals surface area contributed by atoms with Gasteiger partial charge >= 0.3 is 5.97 Å². The Bertz CT molecular complexity index is 571. The Labute approximate surface area is 126 Å². The molecule has 1 aromatic rings. The number of carboxylic acids is 1. The summed E-state index contributed by atoms with van der Waals surface area (Å²) in [5, 5.41) is 20.3. The fourth-order valence-corrected chi connectivity index (χ4v) is 2.78. The Morgan fingerprint density at radius 2 is 2.00 bits per heavy atom. The molecule has 0 atom stereocenters. The summed E-state index contributed by atoms with van der Waals surface area (Å²) in [5.41, 5.74) is -0.130. The first kappa shape index (κ1) is 15.5. The molecule has 0 amide bonds. The summed E-state index contributed by atoms with van der Waals surface area (Å²) < 4.78 is 0. The van der Waals surface area contributed by atoms with Gasteiger partial charge in [-0.3, -0.25) is 10.1 Å². The van der Waals surface area contributed by atoms with E-state index in [4.69, 9.17) is 16.7 Å². The second kappa shape index (κ2) is 6.28. The minimum atomic E-state index is -1.23. The number of carboxylic acid groups (broad SMARTS) is 1. The van der Waals surface area contributed by atoms with E-state index in [1.165, 1.54) is 6.07 Å². The van der Waals surface area contributed by atoms with Gasteiger partial charge in [-0.25, -0.2) is 4.79 Å². The van der Waals surface area contributed by atoms with E-state index in [0.29, 0.717) is 18.8 Å². The number of hydrogen-bond donors (Lipinski definition) is 1. The largest absolute Gasteiger partial charge is 0.478 e. The number of likely N-dealkylation sites (N-methyl/N-ethyl adjacent to an activating group) is 1. The first-order chi connectivity index (χ1) is 9.93. The van der Waals surface area contributed by atoms with Crippen molar-refractivity contribution in [3.63, 3.8) is 0 Å². The van der Waals surface area contributed by atoms with Crippen LogP contribution in [-0.2, 0) is 0 Å². The van der Waals surface area contributed by atoms with Gasteiger partial charge in [0.25, 0.3) is 5.69 Å². The van der Waals surface area contributed by atoms with Crippen molar-refractivity contribution in [3.8, 4) is 0 Å². The average molecular weight is 314 g/mol. The Hall–Kier alpha value is -1.86. The molecule has 0 spiro atoms. The van der Waals surface area contributed by atoms with E-state index in [2.05, 4.69) is 11.8 Å². The van der Waals surface area contributed by atoms with Crippen LogP contribution in [0.25, 0.3) is 0 Å². The topological polar surface area (TPSA) is 86.9 Å². The van der Waals surface area contributed by atoms with Gasteiger partial charge < -0.3 is 14.9 Å². The molecule has 7 nitrogen and oxygen atoms in total. The van der Waals surface area contributed by atoms with Gasteiger partial charge in [0.05, 0.1) is 15.5 Å². The van der Waals surface area contributed by atoms with Crippen LogP contribution < -0.4 is 4.90 Å². The van der Waals surface area contributed by atoms with Gasteiger partial charge in [0.1, 0.15) is 5.69 Å². The van der Waals surface area contributed by atoms with Gasteiger partial charge in [0, 0.05) is 32.2 Å². The van der Waals surface area contributed by atoms with Gasteiger partial charge in [0.15, 0.2) is 0 Å². The van der Waals surface area contributed by atoms with Crippen LogP contribution in [0.3, 0.4) is 0 Å². The van der Waals surface area contributed by atoms with Crippen LogP contribution in [0.1, 0.15) is 17.3 Å². The molecule has 1 N–H and O–H groups in total. The number of anilines is 1. The molecule has 1 aromatic carbocycles. The van der Waals surface area contributed by atoms with Crippen molar-refractivity contribution in [2.24, 2.45) is 0 Å². The first-order valence-corrected chi connectivity index (χ1v) is 7.00. The monoisotopic (exact) mass is 313 g/mol. The molecule has 1 heterocycles. The smallest absolute Gasteiger partial charge is 0.335 e. The Morgan fingerprint density at radius 3 is 2.48 bits per heavy atom. The Balaban J connectivity index is 2.39. The quantitative estimate of drug-likeness (QED) is 0.676. The predicted octanol–water partition coefficient (Wildman–Crippen LogP) is 2.09. The Morgan fingerprint density at radius 1 is 1.38 bits per heavy atom. The maximum Gasteiger partial charge on any atom is 0.335 e. The second-order valence-corrected chi connectivity index (χ2v) is 5.22. The normalized spacial score (nSPS) is 16.0. The summed E-state index contributed by atoms with van der Waals surface area (Å²) in [6.07, 6.45) is 0. The third-order valence-electron chi connectivity index (χ3n) is 3.62. The van der Waals surface area contributed by atoms with Crippen LogP contribution >= 0.6 is 11.6 Å². The minimum Gasteiger partial charge on any atom is -0.478 e. The lowest BCUT2D eigenvalue weighted by atomic mass is 10.1. The fourth-order valence-electron chi connectivity index (χ4n) is 2.45. The average Bonchev–Trinajstić information content (AvgIpc) is 2.46. The summed E-state index contributed by atoms with van der Waals surface area (Å²) in [6.45, 7) is 5.84. The zero-order valence-electron chi connectivity index (χ0n) is 11.6. The summed E-state index contributed by atoms with van der Waals surface area (Å²) in [4.78, 5) is 25.7. The van der Waals surface area contributed by atoms with E-state index in [-0.39, 0.29) is 16.3 Å². The van der Waals surface area contributed by atoms with E-state index >= 15 is 0 Å². The van der Waals surface area contributed by atoms with Crippen LogP contribution in [-0.4, -0.2) is 53.6 Å². The standard InChI is InChI=1S/C13H16ClN3O4/c1-2-15-3-5-16(6-4-15)12-10(14)7-9(13(18)19)8-11(12)17(20)21/h7-8H,2-6H2,1H3,(H,18,19).